The molecule has 1 fully saturated rings. The summed E-state index contributed by atoms with van der Waals surface area (Å²) in [4.78, 5) is 0. The lowest BCUT2D eigenvalue weighted by molar-refractivity contribution is 0.0608. The van der Waals surface area contributed by atoms with Crippen LogP contribution in [0.3, 0.4) is 0 Å². The molecule has 1 unspecified atom stereocenters. The van der Waals surface area contributed by atoms with Crippen LogP contribution in [0.15, 0.2) is 0 Å². The van der Waals surface area contributed by atoms with Crippen LogP contribution in [-0.2, 0) is 0 Å². The number of hydrogen-bond donors (Lipinski definition) is 1. The Balaban J connectivity index is 2.39. The van der Waals surface area contributed by atoms with Gasteiger partial charge >= 0.3 is 0 Å². The molecule has 0 amide bonds. The quantitative estimate of drug-likeness (QED) is 0.718. The Morgan fingerprint density at radius 2 is 1.76 bits per heavy atom. The van der Waals surface area contributed by atoms with E-state index in [2.05, 4.69) is 46.5 Å². The highest BCUT2D eigenvalue weighted by molar-refractivity contribution is 5.08. The van der Waals surface area contributed by atoms with E-state index in [1.165, 1.54) is 12.8 Å². The topological polar surface area (TPSA) is 20.2 Å². The maximum Gasteiger partial charge on any atom is 0.0677 e. The summed E-state index contributed by atoms with van der Waals surface area (Å²) in [7, 11) is 0. The highest BCUT2D eigenvalue weighted by Crippen LogP contribution is 2.39. The molecule has 0 spiro atoms. The third kappa shape index (κ3) is 5.59. The molecule has 0 radical (unpaired) electrons. The summed E-state index contributed by atoms with van der Waals surface area (Å²) in [5.41, 5.74) is 0.529. The van der Waals surface area contributed by atoms with Gasteiger partial charge in [0.2, 0.25) is 0 Å². The Kier molecular flexibility index (Phi) is 4.67. The third-order valence-electron chi connectivity index (χ3n) is 3.70. The van der Waals surface area contributed by atoms with Crippen molar-refractivity contribution < 1.29 is 5.11 Å². The summed E-state index contributed by atoms with van der Waals surface area (Å²) < 4.78 is 0. The van der Waals surface area contributed by atoms with Crippen LogP contribution < -0.4 is 0 Å². The molecule has 0 heterocycles. The number of aliphatic hydroxyl groups is 1. The maximum atomic E-state index is 10.1. The Morgan fingerprint density at radius 3 is 2.24 bits per heavy atom. The summed E-state index contributed by atoms with van der Waals surface area (Å²) in [6.07, 6.45) is 5.21. The van der Waals surface area contributed by atoms with Crippen LogP contribution in [0.5, 0.6) is 0 Å². The Morgan fingerprint density at radius 1 is 1.24 bits per heavy atom. The van der Waals surface area contributed by atoms with Crippen molar-refractivity contribution in [2.45, 2.75) is 72.8 Å². The Labute approximate surface area is 107 Å². The second kappa shape index (κ2) is 5.44. The van der Waals surface area contributed by atoms with Gasteiger partial charge < -0.3 is 5.11 Å². The van der Waals surface area contributed by atoms with Crippen LogP contribution in [0.25, 0.3) is 0 Å². The molecule has 1 saturated carbocycles. The van der Waals surface area contributed by atoms with Gasteiger partial charge in [0.25, 0.3) is 0 Å². The van der Waals surface area contributed by atoms with Crippen molar-refractivity contribution in [3.05, 3.63) is 0 Å². The molecule has 98 valence electrons. The minimum Gasteiger partial charge on any atom is -0.392 e. The van der Waals surface area contributed by atoms with Crippen molar-refractivity contribution in [2.24, 2.45) is 16.7 Å². The molecular weight excluding hydrogens is 208 g/mol. The maximum absolute atomic E-state index is 10.1. The van der Waals surface area contributed by atoms with Gasteiger partial charge in [0.1, 0.15) is 0 Å². The molecule has 17 heavy (non-hydrogen) atoms. The van der Waals surface area contributed by atoms with E-state index < -0.39 is 0 Å². The van der Waals surface area contributed by atoms with E-state index in [0.717, 1.165) is 12.8 Å². The number of hydrogen-bond acceptors (Lipinski definition) is 1. The second-order valence-corrected chi connectivity index (χ2v) is 7.32. The molecule has 0 aromatic carbocycles. The van der Waals surface area contributed by atoms with Crippen molar-refractivity contribution in [1.82, 2.24) is 0 Å². The number of rotatable bonds is 2. The van der Waals surface area contributed by atoms with Gasteiger partial charge in [-0.2, -0.15) is 0 Å². The van der Waals surface area contributed by atoms with E-state index in [-0.39, 0.29) is 11.5 Å². The molecule has 1 rings (SSSR count). The van der Waals surface area contributed by atoms with E-state index in [4.69, 9.17) is 0 Å². The lowest BCUT2D eigenvalue weighted by Crippen LogP contribution is -2.28. The predicted octanol–water partition coefficient (Wildman–Crippen LogP) is 4.00. The van der Waals surface area contributed by atoms with Gasteiger partial charge in [-0.15, -0.1) is 5.92 Å². The van der Waals surface area contributed by atoms with E-state index in [0.29, 0.717) is 17.8 Å². The van der Waals surface area contributed by atoms with Crippen molar-refractivity contribution >= 4 is 0 Å². The van der Waals surface area contributed by atoms with Gasteiger partial charge in [0, 0.05) is 11.8 Å². The molecule has 0 aromatic heterocycles. The first-order valence-electron chi connectivity index (χ1n) is 6.88. The van der Waals surface area contributed by atoms with Crippen LogP contribution in [0.1, 0.15) is 66.7 Å². The molecule has 0 aromatic rings. The minimum absolute atomic E-state index is 0.0499. The molecule has 0 aliphatic heterocycles. The normalized spacial score (nSPS) is 22.7. The van der Waals surface area contributed by atoms with Crippen molar-refractivity contribution in [1.29, 1.82) is 0 Å². The summed E-state index contributed by atoms with van der Waals surface area (Å²) in [5.74, 6) is 6.81. The predicted molar refractivity (Wildman–Crippen MR) is 73.6 cm³/mol. The lowest BCUT2D eigenvalue weighted by Gasteiger charge is -2.36. The largest absolute Gasteiger partial charge is 0.392 e. The minimum atomic E-state index is -0.221. The Hall–Kier alpha value is -0.480. The van der Waals surface area contributed by atoms with Crippen LogP contribution >= 0.6 is 0 Å². The van der Waals surface area contributed by atoms with Crippen LogP contribution in [-0.4, -0.2) is 11.2 Å². The second-order valence-electron chi connectivity index (χ2n) is 7.32. The highest BCUT2D eigenvalue weighted by atomic mass is 16.3. The van der Waals surface area contributed by atoms with Gasteiger partial charge in [0.05, 0.1) is 6.10 Å². The number of aliphatic hydroxyl groups excluding tert-OH is 1. The first-order chi connectivity index (χ1) is 7.70. The highest BCUT2D eigenvalue weighted by Gasteiger charge is 2.30. The zero-order chi connectivity index (χ0) is 13.1. The van der Waals surface area contributed by atoms with E-state index in [1.54, 1.807) is 0 Å². The fourth-order valence-corrected chi connectivity index (χ4v) is 2.39. The first-order valence-corrected chi connectivity index (χ1v) is 6.88. The molecule has 1 atom stereocenters. The summed E-state index contributed by atoms with van der Waals surface area (Å²) in [5, 5.41) is 10.1. The van der Waals surface area contributed by atoms with Crippen LogP contribution in [0, 0.1) is 28.6 Å². The van der Waals surface area contributed by atoms with Crippen molar-refractivity contribution in [3.63, 3.8) is 0 Å². The monoisotopic (exact) mass is 236 g/mol. The fraction of sp³-hybridized carbons (Fsp3) is 0.875. The molecule has 1 aliphatic carbocycles. The Bertz CT molecular complexity index is 288. The van der Waals surface area contributed by atoms with Crippen LogP contribution in [0.4, 0.5) is 0 Å². The van der Waals surface area contributed by atoms with Crippen molar-refractivity contribution in [2.75, 3.05) is 0 Å². The molecule has 1 aliphatic rings. The zero-order valence-electron chi connectivity index (χ0n) is 12.1. The van der Waals surface area contributed by atoms with Gasteiger partial charge in [-0.1, -0.05) is 19.8 Å². The fourth-order valence-electron chi connectivity index (χ4n) is 2.39. The summed E-state index contributed by atoms with van der Waals surface area (Å²) in [6, 6.07) is 0. The van der Waals surface area contributed by atoms with Gasteiger partial charge in [-0.25, -0.2) is 0 Å². The van der Waals surface area contributed by atoms with Gasteiger partial charge in [0.15, 0.2) is 0 Å². The lowest BCUT2D eigenvalue weighted by atomic mass is 9.71. The van der Waals surface area contributed by atoms with Gasteiger partial charge in [-0.05, 0) is 57.8 Å². The molecule has 1 nitrogen and oxygen atoms in total. The van der Waals surface area contributed by atoms with Crippen molar-refractivity contribution in [3.8, 4) is 11.8 Å². The van der Waals surface area contributed by atoms with E-state index in [9.17, 15) is 5.11 Å². The molecule has 1 N–H and O–H groups in total. The zero-order valence-corrected chi connectivity index (χ0v) is 12.1. The van der Waals surface area contributed by atoms with E-state index >= 15 is 0 Å². The molecule has 0 saturated heterocycles. The summed E-state index contributed by atoms with van der Waals surface area (Å²) in [6.45, 7) is 11.0. The molecule has 1 heteroatoms. The van der Waals surface area contributed by atoms with Crippen LogP contribution in [0.2, 0.25) is 0 Å². The smallest absolute Gasteiger partial charge is 0.0677 e. The SMILES string of the molecule is CC(C)(C)C#CCC(O)C1CCC(C)(C)CC1. The van der Waals surface area contributed by atoms with E-state index in [1.807, 2.05) is 0 Å². The molecule has 0 bridgehead atoms. The third-order valence-corrected chi connectivity index (χ3v) is 3.70. The van der Waals surface area contributed by atoms with Gasteiger partial charge in [-0.3, -0.25) is 0 Å². The average Bonchev–Trinajstić information content (AvgIpc) is 2.15. The average molecular weight is 236 g/mol. The summed E-state index contributed by atoms with van der Waals surface area (Å²) >= 11 is 0. The molecular formula is C16H28O. The standard InChI is InChI=1S/C16H28O/c1-15(2,3)10-6-7-14(17)13-8-11-16(4,5)12-9-13/h13-14,17H,7-9,11-12H2,1-5H3. The first kappa shape index (κ1) is 14.6.